The molecule has 0 N–H and O–H groups in total. The molecule has 230 valence electrons. The molecule has 3 heteroatoms. The van der Waals surface area contributed by atoms with Crippen molar-refractivity contribution in [3.05, 3.63) is 175 Å². The predicted octanol–water partition coefficient (Wildman–Crippen LogP) is 14.1. The van der Waals surface area contributed by atoms with Gasteiger partial charge in [0.05, 0.1) is 9.40 Å². The first-order valence-electron chi connectivity index (χ1n) is 16.4. The molecular formula is C45H32S3. The monoisotopic (exact) mass is 668 g/mol. The van der Waals surface area contributed by atoms with Crippen molar-refractivity contribution in [2.75, 3.05) is 0 Å². The van der Waals surface area contributed by atoms with Crippen molar-refractivity contribution in [3.63, 3.8) is 0 Å². The quantitative estimate of drug-likeness (QED) is 0.165. The summed E-state index contributed by atoms with van der Waals surface area (Å²) in [5.74, 6) is 0. The topological polar surface area (TPSA) is 0 Å². The summed E-state index contributed by atoms with van der Waals surface area (Å²) in [7, 11) is 0. The maximum Gasteiger partial charge on any atom is 0.0636 e. The summed E-state index contributed by atoms with van der Waals surface area (Å²) in [5.41, 5.74) is 11.6. The first-order valence-corrected chi connectivity index (χ1v) is 18.8. The number of fused-ring (bicyclic) bond motifs is 3. The van der Waals surface area contributed by atoms with Crippen LogP contribution in [-0.4, -0.2) is 0 Å². The number of thiophene rings is 3. The Kier molecular flexibility index (Phi) is 7.35. The van der Waals surface area contributed by atoms with Gasteiger partial charge in [-0.2, -0.15) is 0 Å². The van der Waals surface area contributed by atoms with Crippen LogP contribution in [0, 0.1) is 0 Å². The summed E-state index contributed by atoms with van der Waals surface area (Å²) < 4.78 is 5.60. The van der Waals surface area contributed by atoms with E-state index >= 15 is 0 Å². The third kappa shape index (κ3) is 5.38. The van der Waals surface area contributed by atoms with E-state index in [1.54, 1.807) is 0 Å². The van der Waals surface area contributed by atoms with E-state index in [0.717, 1.165) is 6.42 Å². The van der Waals surface area contributed by atoms with Crippen molar-refractivity contribution in [2.45, 2.75) is 18.8 Å². The second-order valence-corrected chi connectivity index (χ2v) is 16.0. The molecule has 0 nitrogen and oxygen atoms in total. The second-order valence-electron chi connectivity index (χ2n) is 12.8. The number of allylic oxidation sites excluding steroid dienone is 4. The van der Waals surface area contributed by atoms with E-state index in [1.807, 2.05) is 34.0 Å². The molecule has 3 aromatic heterocycles. The van der Waals surface area contributed by atoms with E-state index in [2.05, 4.69) is 171 Å². The fourth-order valence-corrected chi connectivity index (χ4v) is 10.8. The largest absolute Gasteiger partial charge is 0.133 e. The Bertz CT molecular complexity index is 2430. The number of hydrogen-bond acceptors (Lipinski definition) is 3. The zero-order valence-electron chi connectivity index (χ0n) is 26.5. The number of benzene rings is 5. The van der Waals surface area contributed by atoms with Crippen LogP contribution in [0.2, 0.25) is 0 Å². The molecule has 8 aromatic rings. The van der Waals surface area contributed by atoms with Crippen LogP contribution in [0.3, 0.4) is 0 Å². The zero-order chi connectivity index (χ0) is 32.1. The van der Waals surface area contributed by atoms with Gasteiger partial charge in [0.25, 0.3) is 0 Å². The average Bonchev–Trinajstić information content (AvgIpc) is 3.85. The first-order chi connectivity index (χ1) is 23.6. The average molecular weight is 669 g/mol. The van der Waals surface area contributed by atoms with Gasteiger partial charge in [-0.15, -0.1) is 34.0 Å². The highest BCUT2D eigenvalue weighted by Gasteiger charge is 2.25. The molecule has 1 aliphatic rings. The lowest BCUT2D eigenvalue weighted by Gasteiger charge is -2.28. The van der Waals surface area contributed by atoms with E-state index in [4.69, 9.17) is 0 Å². The van der Waals surface area contributed by atoms with Crippen LogP contribution in [0.5, 0.6) is 0 Å². The van der Waals surface area contributed by atoms with Crippen LogP contribution in [0.25, 0.3) is 67.5 Å². The minimum absolute atomic E-state index is 0.0553. The Morgan fingerprint density at radius 3 is 1.38 bits per heavy atom. The summed E-state index contributed by atoms with van der Waals surface area (Å²) in [6, 6.07) is 53.2. The summed E-state index contributed by atoms with van der Waals surface area (Å²) in [6.45, 7) is 2.33. The summed E-state index contributed by atoms with van der Waals surface area (Å²) in [4.78, 5) is 2.67. The SMILES string of the molecule is CC1(c2ccccc2)C=CC(c2ccc(-c3cc4sc5cc(-c6ccc(-c7ccc(-c8ccccc8)cc7)cc6)sc5c4s3)cc2)=CC1. The normalized spacial score (nSPS) is 16.1. The maximum absolute atomic E-state index is 2.39. The van der Waals surface area contributed by atoms with E-state index in [9.17, 15) is 0 Å². The van der Waals surface area contributed by atoms with Crippen molar-refractivity contribution in [2.24, 2.45) is 0 Å². The van der Waals surface area contributed by atoms with E-state index < -0.39 is 0 Å². The van der Waals surface area contributed by atoms with Gasteiger partial charge < -0.3 is 0 Å². The van der Waals surface area contributed by atoms with Gasteiger partial charge in [-0.25, -0.2) is 0 Å². The Balaban J connectivity index is 0.922. The van der Waals surface area contributed by atoms with E-state index in [1.165, 1.54) is 78.6 Å². The molecule has 0 saturated carbocycles. The second kappa shape index (κ2) is 12.0. The lowest BCUT2D eigenvalue weighted by atomic mass is 9.75. The van der Waals surface area contributed by atoms with Gasteiger partial charge in [0.2, 0.25) is 0 Å². The third-order valence-corrected chi connectivity index (χ3v) is 13.5. The van der Waals surface area contributed by atoms with Crippen LogP contribution in [-0.2, 0) is 5.41 Å². The highest BCUT2D eigenvalue weighted by Crippen LogP contribution is 2.48. The molecule has 9 rings (SSSR count). The van der Waals surface area contributed by atoms with Crippen molar-refractivity contribution >= 4 is 58.4 Å². The molecule has 0 fully saturated rings. The van der Waals surface area contributed by atoms with Gasteiger partial charge in [-0.3, -0.25) is 0 Å². The van der Waals surface area contributed by atoms with Crippen LogP contribution in [0.4, 0.5) is 0 Å². The summed E-state index contributed by atoms with van der Waals surface area (Å²) >= 11 is 5.77. The molecule has 0 amide bonds. The fourth-order valence-electron chi connectivity index (χ4n) is 6.74. The molecular weight excluding hydrogens is 637 g/mol. The minimum atomic E-state index is 0.0553. The van der Waals surface area contributed by atoms with Gasteiger partial charge in [0.1, 0.15) is 0 Å². The molecule has 0 aliphatic heterocycles. The molecule has 1 aliphatic carbocycles. The predicted molar refractivity (Wildman–Crippen MR) is 212 cm³/mol. The molecule has 0 bridgehead atoms. The number of rotatable bonds is 6. The number of hydrogen-bond donors (Lipinski definition) is 0. The first kappa shape index (κ1) is 29.3. The highest BCUT2D eigenvalue weighted by molar-refractivity contribution is 7.40. The molecule has 1 atom stereocenters. The molecule has 5 aromatic carbocycles. The molecule has 0 radical (unpaired) electrons. The summed E-state index contributed by atoms with van der Waals surface area (Å²) in [6.07, 6.45) is 8.08. The Hall–Kier alpha value is -4.80. The third-order valence-electron chi connectivity index (χ3n) is 9.63. The Morgan fingerprint density at radius 1 is 0.458 bits per heavy atom. The molecule has 3 heterocycles. The lowest BCUT2D eigenvalue weighted by molar-refractivity contribution is 0.601. The van der Waals surface area contributed by atoms with Gasteiger partial charge in [0, 0.05) is 24.6 Å². The highest BCUT2D eigenvalue weighted by atomic mass is 32.1. The zero-order valence-corrected chi connectivity index (χ0v) is 29.0. The van der Waals surface area contributed by atoms with Crippen LogP contribution >= 0.6 is 34.0 Å². The van der Waals surface area contributed by atoms with Crippen LogP contribution in [0.1, 0.15) is 24.5 Å². The van der Waals surface area contributed by atoms with Crippen molar-refractivity contribution in [1.29, 1.82) is 0 Å². The Morgan fingerprint density at radius 2 is 0.896 bits per heavy atom. The van der Waals surface area contributed by atoms with Crippen molar-refractivity contribution < 1.29 is 0 Å². The van der Waals surface area contributed by atoms with E-state index in [-0.39, 0.29) is 5.41 Å². The minimum Gasteiger partial charge on any atom is -0.133 e. The molecule has 48 heavy (non-hydrogen) atoms. The molecule has 0 saturated heterocycles. The fraction of sp³-hybridized carbons (Fsp3) is 0.0667. The smallest absolute Gasteiger partial charge is 0.0636 e. The standard InChI is InChI=1S/C45H32S3/c1-45(38-10-6-3-7-11-38)26-24-35(25-27-45)34-18-22-37(23-19-34)40-29-42-44(48-40)43-41(46-42)28-39(47-43)36-20-16-33(17-21-36)32-14-12-31(13-15-32)30-8-4-2-5-9-30/h2-26,28-29H,27H2,1H3. The molecule has 1 unspecified atom stereocenters. The molecule has 0 spiro atoms. The maximum atomic E-state index is 2.39. The van der Waals surface area contributed by atoms with Crippen LogP contribution < -0.4 is 0 Å². The Labute approximate surface area is 293 Å². The lowest BCUT2D eigenvalue weighted by Crippen LogP contribution is -2.19. The van der Waals surface area contributed by atoms with E-state index in [0.29, 0.717) is 0 Å². The summed E-state index contributed by atoms with van der Waals surface area (Å²) in [5, 5.41) is 0. The van der Waals surface area contributed by atoms with Gasteiger partial charge in [-0.05, 0) is 68.6 Å². The van der Waals surface area contributed by atoms with Crippen LogP contribution in [0.15, 0.2) is 164 Å². The van der Waals surface area contributed by atoms with Crippen molar-refractivity contribution in [1.82, 2.24) is 0 Å². The van der Waals surface area contributed by atoms with Crippen molar-refractivity contribution in [3.8, 4) is 43.1 Å². The van der Waals surface area contributed by atoms with Gasteiger partial charge in [0.15, 0.2) is 0 Å². The van der Waals surface area contributed by atoms with Gasteiger partial charge in [-0.1, -0.05) is 159 Å². The van der Waals surface area contributed by atoms with Gasteiger partial charge >= 0.3 is 0 Å².